The minimum atomic E-state index is 0.444. The Bertz CT molecular complexity index is 737. The Morgan fingerprint density at radius 2 is 1.60 bits per heavy atom. The van der Waals surface area contributed by atoms with Crippen LogP contribution in [0.1, 0.15) is 11.3 Å². The minimum absolute atomic E-state index is 0.444. The average molecular weight is 259 g/mol. The zero-order valence-corrected chi connectivity index (χ0v) is 10.9. The molecular formula is C17H13N3. The summed E-state index contributed by atoms with van der Waals surface area (Å²) in [6.07, 6.45) is 1.80. The summed E-state index contributed by atoms with van der Waals surface area (Å²) in [5.41, 5.74) is 2.65. The number of benzene rings is 2. The summed E-state index contributed by atoms with van der Waals surface area (Å²) >= 11 is 0. The van der Waals surface area contributed by atoms with Gasteiger partial charge in [0.05, 0.1) is 0 Å². The first-order valence-corrected chi connectivity index (χ1v) is 6.43. The normalized spacial score (nSPS) is 10.2. The number of nitrogens with zero attached hydrogens (tertiary/aromatic N) is 3. The molecule has 0 spiro atoms. The molecular weight excluding hydrogens is 246 g/mol. The molecule has 0 saturated heterocycles. The highest BCUT2D eigenvalue weighted by atomic mass is 15.1. The van der Waals surface area contributed by atoms with Gasteiger partial charge in [-0.15, -0.1) is 0 Å². The summed E-state index contributed by atoms with van der Waals surface area (Å²) in [6, 6.07) is 22.2. The average Bonchev–Trinajstić information content (AvgIpc) is 2.92. The Labute approximate surface area is 117 Å². The summed E-state index contributed by atoms with van der Waals surface area (Å²) in [5, 5.41) is 9.06. The van der Waals surface area contributed by atoms with E-state index in [0.29, 0.717) is 12.2 Å². The Hall–Kier alpha value is -2.86. The SMILES string of the molecule is N#Cc1cn(Cc2ccccc2)c(-c2ccccc2)n1. The molecule has 0 amide bonds. The van der Waals surface area contributed by atoms with Crippen molar-refractivity contribution in [2.24, 2.45) is 0 Å². The molecule has 0 radical (unpaired) electrons. The molecule has 0 aliphatic carbocycles. The van der Waals surface area contributed by atoms with Crippen LogP contribution in [0.3, 0.4) is 0 Å². The summed E-state index contributed by atoms with van der Waals surface area (Å²) < 4.78 is 2.02. The van der Waals surface area contributed by atoms with E-state index in [1.54, 1.807) is 6.20 Å². The summed E-state index contributed by atoms with van der Waals surface area (Å²) in [6.45, 7) is 0.708. The van der Waals surface area contributed by atoms with Crippen LogP contribution in [0, 0.1) is 11.3 Å². The predicted octanol–water partition coefficient (Wildman–Crippen LogP) is 3.47. The molecule has 1 heterocycles. The van der Waals surface area contributed by atoms with Crippen molar-refractivity contribution in [1.29, 1.82) is 5.26 Å². The van der Waals surface area contributed by atoms with Gasteiger partial charge in [0.15, 0.2) is 5.69 Å². The molecule has 0 unspecified atom stereocenters. The van der Waals surface area contributed by atoms with Gasteiger partial charge in [0.25, 0.3) is 0 Å². The molecule has 3 nitrogen and oxygen atoms in total. The van der Waals surface area contributed by atoms with E-state index in [1.165, 1.54) is 5.56 Å². The number of rotatable bonds is 3. The van der Waals surface area contributed by atoms with Crippen LogP contribution in [0.5, 0.6) is 0 Å². The van der Waals surface area contributed by atoms with Gasteiger partial charge in [0.2, 0.25) is 0 Å². The molecule has 0 aliphatic rings. The van der Waals surface area contributed by atoms with Crippen molar-refractivity contribution in [1.82, 2.24) is 9.55 Å². The van der Waals surface area contributed by atoms with Crippen LogP contribution in [0.2, 0.25) is 0 Å². The predicted molar refractivity (Wildman–Crippen MR) is 77.9 cm³/mol. The zero-order valence-electron chi connectivity index (χ0n) is 10.9. The third kappa shape index (κ3) is 2.45. The van der Waals surface area contributed by atoms with Crippen molar-refractivity contribution in [2.45, 2.75) is 6.54 Å². The van der Waals surface area contributed by atoms with E-state index in [-0.39, 0.29) is 0 Å². The minimum Gasteiger partial charge on any atom is -0.325 e. The van der Waals surface area contributed by atoms with E-state index in [4.69, 9.17) is 5.26 Å². The number of hydrogen-bond donors (Lipinski definition) is 0. The number of imidazole rings is 1. The second kappa shape index (κ2) is 5.41. The van der Waals surface area contributed by atoms with Crippen molar-refractivity contribution in [3.63, 3.8) is 0 Å². The second-order valence-electron chi connectivity index (χ2n) is 4.54. The van der Waals surface area contributed by atoms with E-state index >= 15 is 0 Å². The fourth-order valence-electron chi connectivity index (χ4n) is 2.19. The van der Waals surface area contributed by atoms with Gasteiger partial charge < -0.3 is 4.57 Å². The summed E-state index contributed by atoms with van der Waals surface area (Å²) in [7, 11) is 0. The Balaban J connectivity index is 2.02. The second-order valence-corrected chi connectivity index (χ2v) is 4.54. The molecule has 0 bridgehead atoms. The first-order valence-electron chi connectivity index (χ1n) is 6.43. The number of aromatic nitrogens is 2. The topological polar surface area (TPSA) is 41.6 Å². The van der Waals surface area contributed by atoms with Crippen molar-refractivity contribution >= 4 is 0 Å². The van der Waals surface area contributed by atoms with Gasteiger partial charge in [0.1, 0.15) is 11.9 Å². The lowest BCUT2D eigenvalue weighted by atomic mass is 10.2. The number of hydrogen-bond acceptors (Lipinski definition) is 2. The smallest absolute Gasteiger partial charge is 0.159 e. The van der Waals surface area contributed by atoms with Gasteiger partial charge in [0, 0.05) is 18.3 Å². The maximum absolute atomic E-state index is 9.06. The van der Waals surface area contributed by atoms with Crippen molar-refractivity contribution in [3.8, 4) is 17.5 Å². The van der Waals surface area contributed by atoms with Crippen LogP contribution in [-0.4, -0.2) is 9.55 Å². The van der Waals surface area contributed by atoms with Crippen molar-refractivity contribution < 1.29 is 0 Å². The maximum Gasteiger partial charge on any atom is 0.159 e. The fourth-order valence-corrected chi connectivity index (χ4v) is 2.19. The van der Waals surface area contributed by atoms with E-state index < -0.39 is 0 Å². The lowest BCUT2D eigenvalue weighted by Crippen LogP contribution is -2.00. The van der Waals surface area contributed by atoms with Crippen LogP contribution >= 0.6 is 0 Å². The number of nitriles is 1. The largest absolute Gasteiger partial charge is 0.325 e. The first kappa shape index (κ1) is 12.2. The van der Waals surface area contributed by atoms with Crippen LogP contribution in [0.25, 0.3) is 11.4 Å². The Kier molecular flexibility index (Phi) is 3.30. The third-order valence-corrected chi connectivity index (χ3v) is 3.12. The molecule has 96 valence electrons. The van der Waals surface area contributed by atoms with Crippen LogP contribution < -0.4 is 0 Å². The first-order chi connectivity index (χ1) is 9.86. The van der Waals surface area contributed by atoms with Crippen molar-refractivity contribution in [3.05, 3.63) is 78.1 Å². The van der Waals surface area contributed by atoms with Crippen LogP contribution in [0.15, 0.2) is 66.9 Å². The lowest BCUT2D eigenvalue weighted by Gasteiger charge is -2.07. The molecule has 0 saturated carbocycles. The van der Waals surface area contributed by atoms with Gasteiger partial charge in [-0.3, -0.25) is 0 Å². The monoisotopic (exact) mass is 259 g/mol. The molecule has 0 aliphatic heterocycles. The summed E-state index contributed by atoms with van der Waals surface area (Å²) in [5.74, 6) is 0.825. The molecule has 20 heavy (non-hydrogen) atoms. The molecule has 0 fully saturated rings. The highest BCUT2D eigenvalue weighted by molar-refractivity contribution is 5.56. The summed E-state index contributed by atoms with van der Waals surface area (Å²) in [4.78, 5) is 4.40. The Morgan fingerprint density at radius 3 is 2.25 bits per heavy atom. The quantitative estimate of drug-likeness (QED) is 0.722. The molecule has 3 rings (SSSR count). The van der Waals surface area contributed by atoms with Gasteiger partial charge >= 0.3 is 0 Å². The van der Waals surface area contributed by atoms with Crippen LogP contribution in [0.4, 0.5) is 0 Å². The Morgan fingerprint density at radius 1 is 0.950 bits per heavy atom. The highest BCUT2D eigenvalue weighted by Crippen LogP contribution is 2.19. The van der Waals surface area contributed by atoms with Gasteiger partial charge in [-0.2, -0.15) is 5.26 Å². The molecule has 1 aromatic heterocycles. The van der Waals surface area contributed by atoms with E-state index in [2.05, 4.69) is 23.2 Å². The van der Waals surface area contributed by atoms with Crippen LogP contribution in [-0.2, 0) is 6.54 Å². The van der Waals surface area contributed by atoms with Gasteiger partial charge in [-0.1, -0.05) is 60.7 Å². The lowest BCUT2D eigenvalue weighted by molar-refractivity contribution is 0.807. The third-order valence-electron chi connectivity index (χ3n) is 3.12. The van der Waals surface area contributed by atoms with Gasteiger partial charge in [-0.25, -0.2) is 4.98 Å². The zero-order chi connectivity index (χ0) is 13.8. The van der Waals surface area contributed by atoms with Gasteiger partial charge in [-0.05, 0) is 5.56 Å². The molecule has 2 aromatic carbocycles. The molecule has 0 N–H and O–H groups in total. The highest BCUT2D eigenvalue weighted by Gasteiger charge is 2.09. The fraction of sp³-hybridized carbons (Fsp3) is 0.0588. The van der Waals surface area contributed by atoms with E-state index in [9.17, 15) is 0 Å². The molecule has 0 atom stereocenters. The molecule has 3 heteroatoms. The van der Waals surface area contributed by atoms with E-state index in [0.717, 1.165) is 11.4 Å². The van der Waals surface area contributed by atoms with E-state index in [1.807, 2.05) is 53.1 Å². The maximum atomic E-state index is 9.06. The standard InChI is InChI=1S/C17H13N3/c18-11-16-13-20(12-14-7-3-1-4-8-14)17(19-16)15-9-5-2-6-10-15/h1-10,13H,12H2. The molecule has 3 aromatic rings. The van der Waals surface area contributed by atoms with Crippen molar-refractivity contribution in [2.75, 3.05) is 0 Å².